The van der Waals surface area contributed by atoms with Crippen LogP contribution in [0, 0.1) is 10.1 Å². The van der Waals surface area contributed by atoms with Crippen molar-refractivity contribution in [1.29, 1.82) is 0 Å². The number of carbonyl (C=O) groups is 2. The first-order valence-corrected chi connectivity index (χ1v) is 5.43. The topological polar surface area (TPSA) is 109 Å². The van der Waals surface area contributed by atoms with Crippen LogP contribution in [0.1, 0.15) is 5.76 Å². The summed E-state index contributed by atoms with van der Waals surface area (Å²) in [7, 11) is 0. The zero-order valence-corrected chi connectivity index (χ0v) is 10.1. The van der Waals surface area contributed by atoms with Gasteiger partial charge in [0.2, 0.25) is 0 Å². The number of hydrazone groups is 1. The third-order valence-electron chi connectivity index (χ3n) is 2.32. The van der Waals surface area contributed by atoms with Crippen molar-refractivity contribution in [2.24, 2.45) is 5.10 Å². The first kappa shape index (κ1) is 13.0. The average Bonchev–Trinajstić information content (AvgIpc) is 2.93. The summed E-state index contributed by atoms with van der Waals surface area (Å²) in [5, 5.41) is 14.3. The first-order chi connectivity index (χ1) is 8.99. The molecular formula is C9H7ClN4O5. The summed E-state index contributed by atoms with van der Waals surface area (Å²) < 4.78 is 4.82. The Labute approximate surface area is 111 Å². The van der Waals surface area contributed by atoms with Crippen molar-refractivity contribution in [1.82, 2.24) is 9.91 Å². The second kappa shape index (κ2) is 5.06. The summed E-state index contributed by atoms with van der Waals surface area (Å²) in [6.45, 7) is 0.327. The Hall–Kier alpha value is -2.42. The van der Waals surface area contributed by atoms with E-state index in [1.165, 1.54) is 12.1 Å². The molecule has 0 aromatic carbocycles. The molecule has 1 aliphatic heterocycles. The molecule has 1 aromatic heterocycles. The Morgan fingerprint density at radius 1 is 1.53 bits per heavy atom. The fourth-order valence-electron chi connectivity index (χ4n) is 1.43. The van der Waals surface area contributed by atoms with E-state index < -0.39 is 22.2 Å². The van der Waals surface area contributed by atoms with Crippen molar-refractivity contribution in [3.05, 3.63) is 28.0 Å². The van der Waals surface area contributed by atoms with Crippen molar-refractivity contribution >= 4 is 35.1 Å². The molecule has 0 atom stereocenters. The van der Waals surface area contributed by atoms with Crippen LogP contribution < -0.4 is 0 Å². The molecule has 0 spiro atoms. The minimum absolute atomic E-state index is 0.121. The highest BCUT2D eigenvalue weighted by Crippen LogP contribution is 2.15. The van der Waals surface area contributed by atoms with Crippen LogP contribution in [0.3, 0.4) is 0 Å². The number of urea groups is 1. The van der Waals surface area contributed by atoms with Gasteiger partial charge in [0.25, 0.3) is 0 Å². The monoisotopic (exact) mass is 286 g/mol. The fourth-order valence-corrected chi connectivity index (χ4v) is 1.59. The highest BCUT2D eigenvalue weighted by Gasteiger charge is 2.32. The van der Waals surface area contributed by atoms with Gasteiger partial charge in [-0.25, -0.2) is 14.7 Å². The largest absolute Gasteiger partial charge is 0.433 e. The molecule has 3 amide bonds. The molecule has 1 saturated heterocycles. The Kier molecular flexibility index (Phi) is 3.47. The van der Waals surface area contributed by atoms with Crippen LogP contribution in [-0.4, -0.2) is 45.5 Å². The molecule has 0 N–H and O–H groups in total. The maximum Gasteiger partial charge on any atom is 0.433 e. The summed E-state index contributed by atoms with van der Waals surface area (Å²) in [6, 6.07) is 1.85. The SMILES string of the molecule is O=C(Cl)N1CCN(N=Cc2ccc([N+](=O)[O-])o2)C1=O. The Morgan fingerprint density at radius 3 is 2.79 bits per heavy atom. The standard InChI is InChI=1S/C9H7ClN4O5/c10-8(15)12-3-4-13(9(12)16)11-5-6-1-2-7(19-6)14(17)18/h1-2,5H,3-4H2. The van der Waals surface area contributed by atoms with E-state index in [9.17, 15) is 19.7 Å². The molecule has 0 saturated carbocycles. The lowest BCUT2D eigenvalue weighted by molar-refractivity contribution is -0.402. The van der Waals surface area contributed by atoms with Crippen LogP contribution in [0.5, 0.6) is 0 Å². The van der Waals surface area contributed by atoms with E-state index in [0.29, 0.717) is 0 Å². The van der Waals surface area contributed by atoms with Crippen LogP contribution in [0.15, 0.2) is 21.7 Å². The lowest BCUT2D eigenvalue weighted by atomic mass is 10.5. The van der Waals surface area contributed by atoms with Crippen molar-refractivity contribution < 1.29 is 18.9 Å². The van der Waals surface area contributed by atoms with E-state index >= 15 is 0 Å². The van der Waals surface area contributed by atoms with Gasteiger partial charge in [-0.3, -0.25) is 14.9 Å². The summed E-state index contributed by atoms with van der Waals surface area (Å²) in [4.78, 5) is 33.0. The van der Waals surface area contributed by atoms with Crippen LogP contribution in [-0.2, 0) is 0 Å². The van der Waals surface area contributed by atoms with E-state index in [1.54, 1.807) is 0 Å². The quantitative estimate of drug-likeness (QED) is 0.276. The van der Waals surface area contributed by atoms with E-state index in [-0.39, 0.29) is 18.8 Å². The van der Waals surface area contributed by atoms with Crippen molar-refractivity contribution in [2.45, 2.75) is 0 Å². The molecule has 2 heterocycles. The smallest absolute Gasteiger partial charge is 0.400 e. The number of imide groups is 1. The Morgan fingerprint density at radius 2 is 2.26 bits per heavy atom. The summed E-state index contributed by atoms with van der Waals surface area (Å²) in [5.74, 6) is -0.304. The van der Waals surface area contributed by atoms with Crippen LogP contribution in [0.25, 0.3) is 0 Å². The van der Waals surface area contributed by atoms with Crippen molar-refractivity contribution in [2.75, 3.05) is 13.1 Å². The number of nitrogens with zero attached hydrogens (tertiary/aromatic N) is 4. The Balaban J connectivity index is 2.05. The van der Waals surface area contributed by atoms with Gasteiger partial charge in [0.05, 0.1) is 25.4 Å². The molecule has 2 rings (SSSR count). The molecule has 0 unspecified atom stereocenters. The number of halogens is 1. The number of amides is 3. The predicted octanol–water partition coefficient (Wildman–Crippen LogP) is 1.62. The normalized spacial score (nSPS) is 15.5. The zero-order chi connectivity index (χ0) is 14.0. The first-order valence-electron chi connectivity index (χ1n) is 5.06. The van der Waals surface area contributed by atoms with Crippen LogP contribution >= 0.6 is 11.6 Å². The van der Waals surface area contributed by atoms with E-state index in [4.69, 9.17) is 16.0 Å². The van der Waals surface area contributed by atoms with Crippen molar-refractivity contribution in [3.63, 3.8) is 0 Å². The number of rotatable bonds is 3. The molecule has 1 aliphatic rings. The average molecular weight is 287 g/mol. The minimum Gasteiger partial charge on any atom is -0.400 e. The predicted molar refractivity (Wildman–Crippen MR) is 63.0 cm³/mol. The van der Waals surface area contributed by atoms with Crippen LogP contribution in [0.2, 0.25) is 0 Å². The molecule has 100 valence electrons. The summed E-state index contributed by atoms with van der Waals surface area (Å²) in [6.07, 6.45) is 1.15. The number of carbonyl (C=O) groups excluding carboxylic acids is 2. The summed E-state index contributed by atoms with van der Waals surface area (Å²) in [5.41, 5.74) is 0. The molecule has 10 heteroatoms. The lowest BCUT2D eigenvalue weighted by Crippen LogP contribution is -2.30. The van der Waals surface area contributed by atoms with E-state index in [2.05, 4.69) is 5.10 Å². The zero-order valence-electron chi connectivity index (χ0n) is 9.35. The highest BCUT2D eigenvalue weighted by atomic mass is 35.5. The van der Waals surface area contributed by atoms with E-state index in [1.807, 2.05) is 0 Å². The molecule has 9 nitrogen and oxygen atoms in total. The van der Waals surface area contributed by atoms with E-state index in [0.717, 1.165) is 16.1 Å². The fraction of sp³-hybridized carbons (Fsp3) is 0.222. The number of furan rings is 1. The molecule has 1 aromatic rings. The van der Waals surface area contributed by atoms with Crippen molar-refractivity contribution in [3.8, 4) is 0 Å². The van der Waals surface area contributed by atoms with Gasteiger partial charge >= 0.3 is 17.3 Å². The highest BCUT2D eigenvalue weighted by molar-refractivity contribution is 6.64. The lowest BCUT2D eigenvalue weighted by Gasteiger charge is -2.09. The molecule has 0 aliphatic carbocycles. The van der Waals surface area contributed by atoms with Gasteiger partial charge in [-0.15, -0.1) is 0 Å². The van der Waals surface area contributed by atoms with Crippen LogP contribution in [0.4, 0.5) is 15.5 Å². The van der Waals surface area contributed by atoms with Gasteiger partial charge in [0.15, 0.2) is 5.76 Å². The summed E-state index contributed by atoms with van der Waals surface area (Å²) >= 11 is 5.19. The maximum atomic E-state index is 11.6. The molecule has 0 radical (unpaired) electrons. The van der Waals surface area contributed by atoms with Gasteiger partial charge in [-0.1, -0.05) is 0 Å². The second-order valence-corrected chi connectivity index (χ2v) is 3.81. The third-order valence-corrected chi connectivity index (χ3v) is 2.52. The molecule has 1 fully saturated rings. The maximum absolute atomic E-state index is 11.6. The van der Waals surface area contributed by atoms with Gasteiger partial charge in [-0.2, -0.15) is 5.10 Å². The second-order valence-electron chi connectivity index (χ2n) is 3.49. The van der Waals surface area contributed by atoms with Gasteiger partial charge in [-0.05, 0) is 17.7 Å². The minimum atomic E-state index is -0.878. The Bertz CT molecular complexity index is 569. The number of nitro groups is 1. The molecular weight excluding hydrogens is 280 g/mol. The molecule has 19 heavy (non-hydrogen) atoms. The number of hydrogen-bond donors (Lipinski definition) is 0. The number of hydrogen-bond acceptors (Lipinski definition) is 6. The third kappa shape index (κ3) is 2.71. The van der Waals surface area contributed by atoms with Gasteiger partial charge in [0.1, 0.15) is 4.92 Å². The van der Waals surface area contributed by atoms with Gasteiger partial charge in [0, 0.05) is 0 Å². The molecule has 0 bridgehead atoms. The van der Waals surface area contributed by atoms with Gasteiger partial charge < -0.3 is 4.42 Å².